The molecule has 21 heavy (non-hydrogen) atoms. The number of piperidine rings is 1. The van der Waals surface area contributed by atoms with Gasteiger partial charge in [-0.2, -0.15) is 4.98 Å². The van der Waals surface area contributed by atoms with Gasteiger partial charge in [0, 0.05) is 19.6 Å². The Morgan fingerprint density at radius 3 is 2.90 bits per heavy atom. The Bertz CT molecular complexity index is 523. The van der Waals surface area contributed by atoms with Gasteiger partial charge in [-0.15, -0.1) is 0 Å². The van der Waals surface area contributed by atoms with Crippen LogP contribution < -0.4 is 10.2 Å². The van der Waals surface area contributed by atoms with E-state index in [1.54, 1.807) is 11.8 Å². The molecule has 2 N–H and O–H groups in total. The van der Waals surface area contributed by atoms with E-state index < -0.39 is 11.0 Å². The van der Waals surface area contributed by atoms with Gasteiger partial charge in [0.1, 0.15) is 5.69 Å². The summed E-state index contributed by atoms with van der Waals surface area (Å²) in [5.41, 5.74) is 0.259. The fraction of sp³-hybridized carbons (Fsp3) is 0.692. The van der Waals surface area contributed by atoms with Crippen molar-refractivity contribution in [2.75, 3.05) is 29.9 Å². The smallest absolute Gasteiger partial charge is 0.332 e. The summed E-state index contributed by atoms with van der Waals surface area (Å²) in [7, 11) is 0. The standard InChI is InChI=1S/C13H21N5O3/c1-3-6-14-13-15-9(2)11(18(20)21)12(16-13)17-7-4-5-10(19)8-17/h10,19H,3-8H2,1-2H3,(H,14,15,16). The summed E-state index contributed by atoms with van der Waals surface area (Å²) < 4.78 is 0. The summed E-state index contributed by atoms with van der Waals surface area (Å²) in [6.45, 7) is 5.36. The highest BCUT2D eigenvalue weighted by Crippen LogP contribution is 2.31. The van der Waals surface area contributed by atoms with Gasteiger partial charge in [0.05, 0.1) is 11.0 Å². The van der Waals surface area contributed by atoms with E-state index in [2.05, 4.69) is 15.3 Å². The van der Waals surface area contributed by atoms with Crippen LogP contribution in [0.1, 0.15) is 31.9 Å². The fourth-order valence-corrected chi connectivity index (χ4v) is 2.45. The van der Waals surface area contributed by atoms with Crippen molar-refractivity contribution in [3.05, 3.63) is 15.8 Å². The molecular formula is C13H21N5O3. The molecule has 0 radical (unpaired) electrons. The predicted octanol–water partition coefficient (Wildman–Crippen LogP) is 1.48. The molecule has 116 valence electrons. The minimum atomic E-state index is -0.472. The third-order valence-corrected chi connectivity index (χ3v) is 3.45. The molecule has 0 amide bonds. The van der Waals surface area contributed by atoms with E-state index in [0.717, 1.165) is 19.3 Å². The topological polar surface area (TPSA) is 104 Å². The van der Waals surface area contributed by atoms with Crippen LogP contribution in [-0.4, -0.2) is 45.7 Å². The van der Waals surface area contributed by atoms with Crippen LogP contribution in [-0.2, 0) is 0 Å². The average molecular weight is 295 g/mol. The number of aliphatic hydroxyl groups is 1. The van der Waals surface area contributed by atoms with Crippen LogP contribution in [0.15, 0.2) is 0 Å². The van der Waals surface area contributed by atoms with Crippen LogP contribution in [0.25, 0.3) is 0 Å². The molecule has 2 rings (SSSR count). The maximum atomic E-state index is 11.3. The van der Waals surface area contributed by atoms with E-state index in [-0.39, 0.29) is 5.69 Å². The molecule has 0 aromatic carbocycles. The first-order valence-electron chi connectivity index (χ1n) is 7.22. The van der Waals surface area contributed by atoms with Crippen LogP contribution in [0.4, 0.5) is 17.5 Å². The Hall–Kier alpha value is -1.96. The number of aryl methyl sites for hydroxylation is 1. The molecule has 1 atom stereocenters. The molecule has 1 fully saturated rings. The fourth-order valence-electron chi connectivity index (χ4n) is 2.45. The number of hydrogen-bond donors (Lipinski definition) is 2. The predicted molar refractivity (Wildman–Crippen MR) is 79.7 cm³/mol. The third kappa shape index (κ3) is 3.57. The zero-order valence-electron chi connectivity index (χ0n) is 12.4. The molecule has 1 aromatic heterocycles. The van der Waals surface area contributed by atoms with E-state index >= 15 is 0 Å². The summed E-state index contributed by atoms with van der Waals surface area (Å²) >= 11 is 0. The van der Waals surface area contributed by atoms with Crippen molar-refractivity contribution in [2.24, 2.45) is 0 Å². The molecule has 0 spiro atoms. The molecule has 8 nitrogen and oxygen atoms in total. The van der Waals surface area contributed by atoms with E-state index in [4.69, 9.17) is 0 Å². The van der Waals surface area contributed by atoms with Crippen molar-refractivity contribution in [2.45, 2.75) is 39.2 Å². The second kappa shape index (κ2) is 6.66. The number of aromatic nitrogens is 2. The highest BCUT2D eigenvalue weighted by atomic mass is 16.6. The lowest BCUT2D eigenvalue weighted by Crippen LogP contribution is -2.39. The van der Waals surface area contributed by atoms with Gasteiger partial charge in [0.25, 0.3) is 0 Å². The summed E-state index contributed by atoms with van der Waals surface area (Å²) in [5.74, 6) is 0.694. The zero-order chi connectivity index (χ0) is 15.4. The van der Waals surface area contributed by atoms with Crippen LogP contribution >= 0.6 is 0 Å². The minimum absolute atomic E-state index is 0.0776. The number of nitrogens with zero attached hydrogens (tertiary/aromatic N) is 4. The number of nitro groups is 1. The monoisotopic (exact) mass is 295 g/mol. The Balaban J connectivity index is 2.39. The highest BCUT2D eigenvalue weighted by Gasteiger charge is 2.29. The van der Waals surface area contributed by atoms with Crippen molar-refractivity contribution >= 4 is 17.5 Å². The van der Waals surface area contributed by atoms with Gasteiger partial charge >= 0.3 is 5.69 Å². The lowest BCUT2D eigenvalue weighted by Gasteiger charge is -2.30. The van der Waals surface area contributed by atoms with Crippen molar-refractivity contribution in [1.82, 2.24) is 9.97 Å². The number of nitrogens with one attached hydrogen (secondary N) is 1. The summed E-state index contributed by atoms with van der Waals surface area (Å²) in [6.07, 6.45) is 1.95. The van der Waals surface area contributed by atoms with Crippen molar-refractivity contribution in [1.29, 1.82) is 0 Å². The van der Waals surface area contributed by atoms with Crippen molar-refractivity contribution in [3.8, 4) is 0 Å². The van der Waals surface area contributed by atoms with E-state index in [9.17, 15) is 15.2 Å². The quantitative estimate of drug-likeness (QED) is 0.626. The molecule has 0 aliphatic carbocycles. The molecule has 1 unspecified atom stereocenters. The van der Waals surface area contributed by atoms with E-state index in [1.165, 1.54) is 0 Å². The maximum absolute atomic E-state index is 11.3. The molecule has 1 saturated heterocycles. The summed E-state index contributed by atoms with van der Waals surface area (Å²) in [5, 5.41) is 24.1. The van der Waals surface area contributed by atoms with Crippen LogP contribution in [0.3, 0.4) is 0 Å². The number of aliphatic hydroxyl groups excluding tert-OH is 1. The number of hydrogen-bond acceptors (Lipinski definition) is 7. The Morgan fingerprint density at radius 1 is 1.52 bits per heavy atom. The van der Waals surface area contributed by atoms with Gasteiger partial charge in [-0.1, -0.05) is 6.92 Å². The molecule has 1 aliphatic rings. The summed E-state index contributed by atoms with van der Waals surface area (Å²) in [6, 6.07) is 0. The number of rotatable bonds is 5. The van der Waals surface area contributed by atoms with Crippen LogP contribution in [0, 0.1) is 17.0 Å². The first kappa shape index (κ1) is 15.4. The van der Waals surface area contributed by atoms with Gasteiger partial charge in [-0.05, 0) is 26.2 Å². The first-order chi connectivity index (χ1) is 10.0. The Morgan fingerprint density at radius 2 is 2.29 bits per heavy atom. The normalized spacial score (nSPS) is 18.6. The molecular weight excluding hydrogens is 274 g/mol. The Kier molecular flexibility index (Phi) is 4.89. The average Bonchev–Trinajstić information content (AvgIpc) is 2.44. The van der Waals surface area contributed by atoms with Crippen molar-refractivity contribution in [3.63, 3.8) is 0 Å². The molecule has 0 bridgehead atoms. The highest BCUT2D eigenvalue weighted by molar-refractivity contribution is 5.62. The first-order valence-corrected chi connectivity index (χ1v) is 7.22. The second-order valence-electron chi connectivity index (χ2n) is 5.23. The SMILES string of the molecule is CCCNc1nc(C)c([N+](=O)[O-])c(N2CCCC(O)C2)n1. The van der Waals surface area contributed by atoms with Gasteiger partial charge < -0.3 is 15.3 Å². The van der Waals surface area contributed by atoms with Crippen LogP contribution in [0.2, 0.25) is 0 Å². The Labute approximate surface area is 123 Å². The van der Waals surface area contributed by atoms with Gasteiger partial charge in [0.15, 0.2) is 0 Å². The molecule has 2 heterocycles. The molecule has 1 aliphatic heterocycles. The molecule has 1 aromatic rings. The third-order valence-electron chi connectivity index (χ3n) is 3.45. The van der Waals surface area contributed by atoms with Gasteiger partial charge in [0.2, 0.25) is 11.8 Å². The zero-order valence-corrected chi connectivity index (χ0v) is 12.4. The number of β-amino-alcohol motifs (C(OH)–C–C–N with tert-alkyl or cyclic N) is 1. The number of anilines is 2. The van der Waals surface area contributed by atoms with Crippen LogP contribution in [0.5, 0.6) is 0 Å². The minimum Gasteiger partial charge on any atom is -0.391 e. The van der Waals surface area contributed by atoms with E-state index in [0.29, 0.717) is 37.1 Å². The molecule has 8 heteroatoms. The van der Waals surface area contributed by atoms with Crippen molar-refractivity contribution < 1.29 is 10.0 Å². The van der Waals surface area contributed by atoms with E-state index in [1.807, 2.05) is 6.92 Å². The lowest BCUT2D eigenvalue weighted by molar-refractivity contribution is -0.385. The lowest BCUT2D eigenvalue weighted by atomic mass is 10.1. The van der Waals surface area contributed by atoms with Gasteiger partial charge in [-0.3, -0.25) is 10.1 Å². The maximum Gasteiger partial charge on any atom is 0.332 e. The second-order valence-corrected chi connectivity index (χ2v) is 5.23. The largest absolute Gasteiger partial charge is 0.391 e. The summed E-state index contributed by atoms with van der Waals surface area (Å²) in [4.78, 5) is 21.1. The molecule has 0 saturated carbocycles. The van der Waals surface area contributed by atoms with Gasteiger partial charge in [-0.25, -0.2) is 4.98 Å².